The lowest BCUT2D eigenvalue weighted by Crippen LogP contribution is -2.15. The summed E-state index contributed by atoms with van der Waals surface area (Å²) in [5, 5.41) is 0.359. The minimum Gasteiger partial charge on any atom is -0.398 e. The topological polar surface area (TPSA) is 85.1 Å². The maximum Gasteiger partial charge on any atom is 0.264 e. The predicted octanol–water partition coefficient (Wildman–Crippen LogP) is 3.21. The van der Waals surface area contributed by atoms with Crippen LogP contribution in [0.1, 0.15) is 16.1 Å². The number of thiazole rings is 1. The summed E-state index contributed by atoms with van der Waals surface area (Å²) in [6, 6.07) is 3.20. The highest BCUT2D eigenvalue weighted by Gasteiger charge is 2.21. The Bertz CT molecular complexity index is 750. The highest BCUT2D eigenvalue weighted by molar-refractivity contribution is 9.10. The molecule has 108 valence electrons. The van der Waals surface area contributed by atoms with Crippen molar-refractivity contribution in [2.75, 3.05) is 10.5 Å². The SMILES string of the molecule is Cc1nc(NS(=O)(=O)c2cc(Br)cc(N)c2C)sc1C. The van der Waals surface area contributed by atoms with Crippen molar-refractivity contribution >= 4 is 48.1 Å². The van der Waals surface area contributed by atoms with Gasteiger partial charge < -0.3 is 5.73 Å². The number of rotatable bonds is 3. The van der Waals surface area contributed by atoms with E-state index in [1.807, 2.05) is 13.8 Å². The normalized spacial score (nSPS) is 11.6. The van der Waals surface area contributed by atoms with E-state index in [1.165, 1.54) is 17.4 Å². The van der Waals surface area contributed by atoms with Gasteiger partial charge in [0.2, 0.25) is 0 Å². The predicted molar refractivity (Wildman–Crippen MR) is 85.7 cm³/mol. The summed E-state index contributed by atoms with van der Waals surface area (Å²) in [7, 11) is -3.70. The molecule has 0 aliphatic carbocycles. The number of nitrogens with zero attached hydrogens (tertiary/aromatic N) is 1. The second-order valence-corrected chi connectivity index (χ2v) is 8.15. The molecule has 0 bridgehead atoms. The Balaban J connectivity index is 2.45. The molecule has 1 heterocycles. The summed E-state index contributed by atoms with van der Waals surface area (Å²) in [5.74, 6) is 0. The van der Waals surface area contributed by atoms with Crippen LogP contribution in [0, 0.1) is 20.8 Å². The minimum atomic E-state index is -3.70. The molecule has 8 heteroatoms. The molecule has 0 fully saturated rings. The van der Waals surface area contributed by atoms with Crippen molar-refractivity contribution in [3.8, 4) is 0 Å². The van der Waals surface area contributed by atoms with Gasteiger partial charge in [-0.05, 0) is 38.5 Å². The van der Waals surface area contributed by atoms with Crippen LogP contribution in [0.4, 0.5) is 10.8 Å². The smallest absolute Gasteiger partial charge is 0.264 e. The third-order valence-corrected chi connectivity index (χ3v) is 5.95. The standard InChI is InChI=1S/C12H14BrN3O2S2/c1-6-10(14)4-9(13)5-11(6)20(17,18)16-12-15-7(2)8(3)19-12/h4-5H,14H2,1-3H3,(H,15,16). The lowest BCUT2D eigenvalue weighted by atomic mass is 10.2. The quantitative estimate of drug-likeness (QED) is 0.806. The van der Waals surface area contributed by atoms with Crippen molar-refractivity contribution in [3.63, 3.8) is 0 Å². The molecule has 2 aromatic rings. The number of nitrogen functional groups attached to an aromatic ring is 1. The van der Waals surface area contributed by atoms with Crippen LogP contribution in [-0.2, 0) is 10.0 Å². The summed E-state index contributed by atoms with van der Waals surface area (Å²) >= 11 is 4.56. The fraction of sp³-hybridized carbons (Fsp3) is 0.250. The number of sulfonamides is 1. The Labute approximate surface area is 130 Å². The molecule has 0 radical (unpaired) electrons. The van der Waals surface area contributed by atoms with Crippen LogP contribution in [0.15, 0.2) is 21.5 Å². The van der Waals surface area contributed by atoms with Crippen molar-refractivity contribution in [3.05, 3.63) is 32.7 Å². The zero-order valence-electron chi connectivity index (χ0n) is 11.2. The van der Waals surface area contributed by atoms with Gasteiger partial charge in [-0.3, -0.25) is 4.72 Å². The molecule has 1 aromatic heterocycles. The molecule has 0 saturated carbocycles. The Hall–Kier alpha value is -1.12. The van der Waals surface area contributed by atoms with E-state index in [9.17, 15) is 8.42 Å². The number of aromatic nitrogens is 1. The number of nitrogens with two attached hydrogens (primary N) is 1. The molecule has 20 heavy (non-hydrogen) atoms. The van der Waals surface area contributed by atoms with Gasteiger partial charge in [0.05, 0.1) is 10.6 Å². The van der Waals surface area contributed by atoms with E-state index in [0.29, 0.717) is 20.9 Å². The van der Waals surface area contributed by atoms with Crippen LogP contribution < -0.4 is 10.5 Å². The lowest BCUT2D eigenvalue weighted by Gasteiger charge is -2.11. The van der Waals surface area contributed by atoms with Crippen molar-refractivity contribution < 1.29 is 8.42 Å². The maximum absolute atomic E-state index is 12.4. The Morgan fingerprint density at radius 1 is 1.30 bits per heavy atom. The van der Waals surface area contributed by atoms with Crippen LogP contribution in [0.2, 0.25) is 0 Å². The number of benzene rings is 1. The molecule has 1 aromatic carbocycles. The van der Waals surface area contributed by atoms with Gasteiger partial charge in [0, 0.05) is 15.0 Å². The highest BCUT2D eigenvalue weighted by Crippen LogP contribution is 2.29. The van der Waals surface area contributed by atoms with Gasteiger partial charge in [-0.25, -0.2) is 13.4 Å². The van der Waals surface area contributed by atoms with Gasteiger partial charge in [-0.2, -0.15) is 0 Å². The Morgan fingerprint density at radius 2 is 1.95 bits per heavy atom. The van der Waals surface area contributed by atoms with Crippen molar-refractivity contribution in [2.45, 2.75) is 25.7 Å². The molecule has 3 N–H and O–H groups in total. The molecule has 0 atom stereocenters. The first-order chi connectivity index (χ1) is 9.20. The molecule has 0 aliphatic heterocycles. The van der Waals surface area contributed by atoms with Gasteiger partial charge in [-0.1, -0.05) is 15.9 Å². The average Bonchev–Trinajstić information content (AvgIpc) is 2.61. The van der Waals surface area contributed by atoms with E-state index in [2.05, 4.69) is 25.6 Å². The van der Waals surface area contributed by atoms with Gasteiger partial charge in [0.15, 0.2) is 5.13 Å². The van der Waals surface area contributed by atoms with E-state index in [4.69, 9.17) is 5.73 Å². The van der Waals surface area contributed by atoms with Gasteiger partial charge in [-0.15, -0.1) is 11.3 Å². The molecule has 0 saturated heterocycles. The van der Waals surface area contributed by atoms with Gasteiger partial charge in [0.25, 0.3) is 10.0 Å². The van der Waals surface area contributed by atoms with E-state index in [1.54, 1.807) is 13.0 Å². The zero-order chi connectivity index (χ0) is 15.1. The van der Waals surface area contributed by atoms with Crippen molar-refractivity contribution in [1.29, 1.82) is 0 Å². The number of hydrogen-bond donors (Lipinski definition) is 2. The summed E-state index contributed by atoms with van der Waals surface area (Å²) in [6.45, 7) is 5.41. The monoisotopic (exact) mass is 375 g/mol. The Kier molecular flexibility index (Phi) is 4.08. The molecule has 0 spiro atoms. The largest absolute Gasteiger partial charge is 0.398 e. The number of hydrogen-bond acceptors (Lipinski definition) is 5. The van der Waals surface area contributed by atoms with E-state index < -0.39 is 10.0 Å². The van der Waals surface area contributed by atoms with Crippen LogP contribution in [-0.4, -0.2) is 13.4 Å². The number of aryl methyl sites for hydroxylation is 2. The molecule has 5 nitrogen and oxygen atoms in total. The van der Waals surface area contributed by atoms with E-state index in [-0.39, 0.29) is 4.90 Å². The molecule has 0 aliphatic rings. The third kappa shape index (κ3) is 2.97. The molecule has 0 amide bonds. The minimum absolute atomic E-state index is 0.148. The molecule has 0 unspecified atom stereocenters. The number of halogens is 1. The molecular formula is C12H14BrN3O2S2. The summed E-state index contributed by atoms with van der Waals surface area (Å²) in [5.41, 5.74) is 7.56. The first-order valence-corrected chi connectivity index (χ1v) is 8.82. The van der Waals surface area contributed by atoms with Crippen molar-refractivity contribution in [1.82, 2.24) is 4.98 Å². The highest BCUT2D eigenvalue weighted by atomic mass is 79.9. The van der Waals surface area contributed by atoms with Crippen LogP contribution in [0.5, 0.6) is 0 Å². The van der Waals surface area contributed by atoms with Crippen LogP contribution in [0.25, 0.3) is 0 Å². The van der Waals surface area contributed by atoms with Crippen LogP contribution >= 0.6 is 27.3 Å². The first-order valence-electron chi connectivity index (χ1n) is 5.73. The summed E-state index contributed by atoms with van der Waals surface area (Å²) < 4.78 is 28.0. The van der Waals surface area contributed by atoms with Crippen LogP contribution in [0.3, 0.4) is 0 Å². The zero-order valence-corrected chi connectivity index (χ0v) is 14.4. The summed E-state index contributed by atoms with van der Waals surface area (Å²) in [4.78, 5) is 5.31. The number of nitrogens with one attached hydrogen (secondary N) is 1. The third-order valence-electron chi connectivity index (χ3n) is 2.90. The lowest BCUT2D eigenvalue weighted by molar-refractivity contribution is 0.600. The summed E-state index contributed by atoms with van der Waals surface area (Å²) in [6.07, 6.45) is 0. The molecule has 2 rings (SSSR count). The van der Waals surface area contributed by atoms with Gasteiger partial charge in [0.1, 0.15) is 0 Å². The fourth-order valence-corrected chi connectivity index (χ4v) is 4.62. The van der Waals surface area contributed by atoms with Gasteiger partial charge >= 0.3 is 0 Å². The second-order valence-electron chi connectivity index (χ2n) is 4.38. The maximum atomic E-state index is 12.4. The average molecular weight is 376 g/mol. The fourth-order valence-electron chi connectivity index (χ4n) is 1.64. The van der Waals surface area contributed by atoms with E-state index in [0.717, 1.165) is 10.6 Å². The van der Waals surface area contributed by atoms with Crippen molar-refractivity contribution in [2.24, 2.45) is 0 Å². The number of anilines is 2. The first kappa shape index (κ1) is 15.3. The molecular weight excluding hydrogens is 362 g/mol. The Morgan fingerprint density at radius 3 is 2.50 bits per heavy atom. The second kappa shape index (κ2) is 5.34. The van der Waals surface area contributed by atoms with E-state index >= 15 is 0 Å².